The average Bonchev–Trinajstić information content (AvgIpc) is 3.91. The molecule has 0 unspecified atom stereocenters. The number of nitrogens with zero attached hydrogens (tertiary/aromatic N) is 1. The van der Waals surface area contributed by atoms with E-state index >= 15 is 0 Å². The van der Waals surface area contributed by atoms with Gasteiger partial charge in [-0.25, -0.2) is 0 Å². The third kappa shape index (κ3) is 6.10. The summed E-state index contributed by atoms with van der Waals surface area (Å²) >= 11 is 0. The third-order valence-corrected chi connectivity index (χ3v) is 12.7. The van der Waals surface area contributed by atoms with E-state index in [2.05, 4.69) is 121 Å². The van der Waals surface area contributed by atoms with E-state index in [0.29, 0.717) is 16.9 Å². The van der Waals surface area contributed by atoms with E-state index in [0.717, 1.165) is 72.0 Å². The second kappa shape index (κ2) is 15.1. The summed E-state index contributed by atoms with van der Waals surface area (Å²) in [6.45, 7) is 0. The van der Waals surface area contributed by atoms with E-state index < -0.39 is 5.41 Å². The molecule has 0 saturated carbocycles. The second-order valence-electron chi connectivity index (χ2n) is 16.1. The predicted molar refractivity (Wildman–Crippen MR) is 262 cm³/mol. The first-order chi connectivity index (χ1) is 32.9. The van der Waals surface area contributed by atoms with Crippen LogP contribution in [0.5, 0.6) is 0 Å². The molecule has 1 aromatic heterocycles. The van der Waals surface area contributed by atoms with Gasteiger partial charge in [-0.1, -0.05) is 194 Å². The lowest BCUT2D eigenvalue weighted by molar-refractivity contribution is 0.669. The van der Waals surface area contributed by atoms with E-state index in [1.165, 1.54) is 5.56 Å². The number of anilines is 3. The summed E-state index contributed by atoms with van der Waals surface area (Å²) in [4.78, 5) is 1.91. The molecule has 0 saturated heterocycles. The zero-order chi connectivity index (χ0) is 45.2. The summed E-state index contributed by atoms with van der Waals surface area (Å²) in [7, 11) is 0. The van der Waals surface area contributed by atoms with Crippen LogP contribution in [-0.4, -0.2) is 0 Å². The van der Waals surface area contributed by atoms with Gasteiger partial charge in [0.2, 0.25) is 0 Å². The zero-order valence-electron chi connectivity index (χ0n) is 38.2. The molecule has 296 valence electrons. The Labute approximate surface area is 373 Å². The van der Waals surface area contributed by atoms with Crippen molar-refractivity contribution >= 4 is 39.0 Å². The lowest BCUT2D eigenvalue weighted by atomic mass is 9.67. The van der Waals surface area contributed by atoms with Gasteiger partial charge in [0.15, 0.2) is 0 Å². The molecular formula is C61H41NO. The van der Waals surface area contributed by atoms with Crippen molar-refractivity contribution < 1.29 is 9.90 Å². The smallest absolute Gasteiger partial charge is 0.135 e. The van der Waals surface area contributed by atoms with Crippen molar-refractivity contribution in [3.05, 3.63) is 271 Å². The van der Waals surface area contributed by atoms with Crippen LogP contribution in [0.4, 0.5) is 17.1 Å². The molecule has 0 spiro atoms. The van der Waals surface area contributed by atoms with Crippen molar-refractivity contribution in [1.82, 2.24) is 0 Å². The SMILES string of the molecule is [2H]c1c([2H])c(N(c2ccc(-c3ccc4oc5ccccc5c4c3)cc2)c2ccc3c(c2)C(c2ccccc2)(c2ccccc2)c2ccccc2-3)c([2H])c([2H])c1-c1ccc(-c2ccccc2)cc1. The lowest BCUT2D eigenvalue weighted by Crippen LogP contribution is -2.28. The molecule has 63 heavy (non-hydrogen) atoms. The van der Waals surface area contributed by atoms with Gasteiger partial charge in [-0.3, -0.25) is 0 Å². The van der Waals surface area contributed by atoms with Crippen LogP contribution in [0.25, 0.3) is 66.4 Å². The standard InChI is InChI=1S/C61H41NO/c1-4-14-42(15-5-1)43-24-26-44(27-25-43)45-28-33-50(34-29-45)62(51-35-30-46(31-36-51)47-32-39-60-56(40-47)55-21-11-13-23-59(55)63-60)52-37-38-54-53-20-10-12-22-57(53)61(58(54)41-52,48-16-6-2-7-17-48)49-18-8-3-9-19-49/h1-41H/i28D,29D,33D,34D. The molecule has 2 heteroatoms. The van der Waals surface area contributed by atoms with Crippen LogP contribution in [0, 0.1) is 0 Å². The Balaban J connectivity index is 1.06. The van der Waals surface area contributed by atoms with Crippen molar-refractivity contribution in [3.8, 4) is 44.5 Å². The molecule has 0 aliphatic heterocycles. The Bertz CT molecular complexity index is 3590. The van der Waals surface area contributed by atoms with Gasteiger partial charge in [-0.15, -0.1) is 0 Å². The number of furan rings is 1. The highest BCUT2D eigenvalue weighted by Crippen LogP contribution is 2.57. The first-order valence-corrected chi connectivity index (χ1v) is 21.3. The van der Waals surface area contributed by atoms with Crippen LogP contribution in [0.3, 0.4) is 0 Å². The van der Waals surface area contributed by atoms with E-state index in [1.54, 1.807) is 0 Å². The summed E-state index contributed by atoms with van der Waals surface area (Å²) < 4.78 is 44.9. The first kappa shape index (κ1) is 32.6. The molecule has 0 radical (unpaired) electrons. The van der Waals surface area contributed by atoms with Gasteiger partial charge < -0.3 is 9.32 Å². The molecule has 1 aliphatic rings. The predicted octanol–water partition coefficient (Wildman–Crippen LogP) is 16.4. The van der Waals surface area contributed by atoms with Crippen molar-refractivity contribution in [3.63, 3.8) is 0 Å². The molecule has 0 atom stereocenters. The van der Waals surface area contributed by atoms with Gasteiger partial charge in [-0.05, 0) is 121 Å². The fourth-order valence-electron chi connectivity index (χ4n) is 9.71. The van der Waals surface area contributed by atoms with Crippen molar-refractivity contribution in [1.29, 1.82) is 0 Å². The third-order valence-electron chi connectivity index (χ3n) is 12.7. The van der Waals surface area contributed by atoms with Gasteiger partial charge in [0, 0.05) is 27.8 Å². The van der Waals surface area contributed by atoms with Gasteiger partial charge in [0.1, 0.15) is 11.2 Å². The Hall–Kier alpha value is -8.20. The molecule has 1 heterocycles. The van der Waals surface area contributed by atoms with Crippen molar-refractivity contribution in [2.24, 2.45) is 0 Å². The van der Waals surface area contributed by atoms with Crippen LogP contribution in [0.1, 0.15) is 27.7 Å². The van der Waals surface area contributed by atoms with Gasteiger partial charge >= 0.3 is 0 Å². The van der Waals surface area contributed by atoms with Crippen LogP contribution in [-0.2, 0) is 5.41 Å². The van der Waals surface area contributed by atoms with Gasteiger partial charge in [0.25, 0.3) is 0 Å². The van der Waals surface area contributed by atoms with Crippen LogP contribution >= 0.6 is 0 Å². The maximum Gasteiger partial charge on any atom is 0.135 e. The largest absolute Gasteiger partial charge is 0.456 e. The van der Waals surface area contributed by atoms with Crippen LogP contribution < -0.4 is 4.90 Å². The molecule has 0 amide bonds. The maximum absolute atomic E-state index is 9.80. The highest BCUT2D eigenvalue weighted by atomic mass is 16.3. The normalized spacial score (nSPS) is 13.5. The minimum absolute atomic E-state index is 0.109. The molecule has 0 N–H and O–H groups in total. The number of hydrogen-bond donors (Lipinski definition) is 0. The Kier molecular flexibility index (Phi) is 7.78. The summed E-state index contributed by atoms with van der Waals surface area (Å²) in [6.07, 6.45) is 0. The first-order valence-electron chi connectivity index (χ1n) is 23.3. The van der Waals surface area contributed by atoms with Crippen LogP contribution in [0.15, 0.2) is 253 Å². The molecule has 0 bridgehead atoms. The molecule has 12 rings (SSSR count). The highest BCUT2D eigenvalue weighted by molar-refractivity contribution is 6.06. The molecule has 10 aromatic carbocycles. The minimum atomic E-state index is -0.694. The highest BCUT2D eigenvalue weighted by Gasteiger charge is 2.46. The van der Waals surface area contributed by atoms with E-state index in [1.807, 2.05) is 108 Å². The molecule has 2 nitrogen and oxygen atoms in total. The Morgan fingerprint density at radius 1 is 0.333 bits per heavy atom. The Morgan fingerprint density at radius 2 is 0.841 bits per heavy atom. The molecule has 1 aliphatic carbocycles. The lowest BCUT2D eigenvalue weighted by Gasteiger charge is -2.35. The number of benzene rings is 10. The van der Waals surface area contributed by atoms with Crippen molar-refractivity contribution in [2.45, 2.75) is 5.41 Å². The monoisotopic (exact) mass is 807 g/mol. The molecule has 0 fully saturated rings. The number of hydrogen-bond acceptors (Lipinski definition) is 2. The topological polar surface area (TPSA) is 16.4 Å². The quantitative estimate of drug-likeness (QED) is 0.152. The number of fused-ring (bicyclic) bond motifs is 6. The fourth-order valence-corrected chi connectivity index (χ4v) is 9.71. The minimum Gasteiger partial charge on any atom is -0.456 e. The van der Waals surface area contributed by atoms with E-state index in [9.17, 15) is 5.48 Å². The fraction of sp³-hybridized carbons (Fsp3) is 0.0164. The van der Waals surface area contributed by atoms with Crippen LogP contribution in [0.2, 0.25) is 0 Å². The van der Waals surface area contributed by atoms with E-state index in [-0.39, 0.29) is 35.4 Å². The second-order valence-corrected chi connectivity index (χ2v) is 16.1. The average molecular weight is 808 g/mol. The molecular weight excluding hydrogens is 763 g/mol. The van der Waals surface area contributed by atoms with Gasteiger partial charge in [-0.2, -0.15) is 0 Å². The Morgan fingerprint density at radius 3 is 1.56 bits per heavy atom. The molecule has 11 aromatic rings. The van der Waals surface area contributed by atoms with E-state index in [4.69, 9.17) is 4.42 Å². The maximum atomic E-state index is 9.80. The number of rotatable bonds is 8. The van der Waals surface area contributed by atoms with Gasteiger partial charge in [0.05, 0.1) is 10.9 Å². The number of para-hydroxylation sites is 1. The van der Waals surface area contributed by atoms with Crippen molar-refractivity contribution in [2.75, 3.05) is 4.90 Å². The summed E-state index contributed by atoms with van der Waals surface area (Å²) in [5.41, 5.74) is 14.2. The summed E-state index contributed by atoms with van der Waals surface area (Å²) in [5, 5.41) is 2.10. The summed E-state index contributed by atoms with van der Waals surface area (Å²) in [5.74, 6) is 0. The summed E-state index contributed by atoms with van der Waals surface area (Å²) in [6, 6.07) is 76.0. The zero-order valence-corrected chi connectivity index (χ0v) is 34.2.